The predicted molar refractivity (Wildman–Crippen MR) is 47.3 cm³/mol. The van der Waals surface area contributed by atoms with E-state index in [4.69, 9.17) is 10.5 Å². The van der Waals surface area contributed by atoms with Gasteiger partial charge in [-0.25, -0.2) is 0 Å². The molecule has 0 saturated heterocycles. The van der Waals surface area contributed by atoms with Crippen LogP contribution in [0.2, 0.25) is 0 Å². The second-order valence-corrected chi connectivity index (χ2v) is 2.87. The van der Waals surface area contributed by atoms with Gasteiger partial charge in [0.1, 0.15) is 5.40 Å². The number of nitriles is 1. The van der Waals surface area contributed by atoms with Crippen LogP contribution < -0.4 is 0 Å². The maximum absolute atomic E-state index is 8.34. The fourth-order valence-corrected chi connectivity index (χ4v) is 1.12. The van der Waals surface area contributed by atoms with Gasteiger partial charge in [-0.1, -0.05) is 17.3 Å². The van der Waals surface area contributed by atoms with Crippen molar-refractivity contribution < 1.29 is 5.21 Å². The lowest BCUT2D eigenvalue weighted by Crippen LogP contribution is -1.79. The molecule has 1 rings (SSSR count). The normalized spacial score (nSPS) is 9.92. The van der Waals surface area contributed by atoms with Crippen molar-refractivity contribution in [1.82, 2.24) is 0 Å². The number of nitrogens with zero attached hydrogens (tertiary/aromatic N) is 2. The molecule has 0 amide bonds. The van der Waals surface area contributed by atoms with E-state index in [1.54, 1.807) is 24.3 Å². The number of thioether (sulfide) groups is 1. The first kappa shape index (κ1) is 8.62. The van der Waals surface area contributed by atoms with E-state index >= 15 is 0 Å². The summed E-state index contributed by atoms with van der Waals surface area (Å²) >= 11 is 1.10. The summed E-state index contributed by atoms with van der Waals surface area (Å²) in [7, 11) is 0. The van der Waals surface area contributed by atoms with Gasteiger partial charge in [0.05, 0.1) is 6.21 Å². The summed E-state index contributed by atoms with van der Waals surface area (Å²) in [5.41, 5.74) is 0.805. The smallest absolute Gasteiger partial charge is 0.138 e. The maximum Gasteiger partial charge on any atom is 0.138 e. The fraction of sp³-hybridized carbons (Fsp3) is 0. The summed E-state index contributed by atoms with van der Waals surface area (Å²) in [5, 5.41) is 21.4. The third-order valence-corrected chi connectivity index (χ3v) is 1.85. The van der Waals surface area contributed by atoms with Crippen molar-refractivity contribution in [3.63, 3.8) is 0 Å². The minimum absolute atomic E-state index is 0.805. The van der Waals surface area contributed by atoms with E-state index in [2.05, 4.69) is 5.16 Å². The highest BCUT2D eigenvalue weighted by Gasteiger charge is 1.91. The van der Waals surface area contributed by atoms with Gasteiger partial charge in [-0.2, -0.15) is 5.26 Å². The van der Waals surface area contributed by atoms with Crippen LogP contribution in [-0.4, -0.2) is 11.4 Å². The van der Waals surface area contributed by atoms with Crippen LogP contribution in [0, 0.1) is 10.7 Å². The Balaban J connectivity index is 2.79. The first-order chi connectivity index (χ1) is 5.86. The minimum atomic E-state index is 0.805. The van der Waals surface area contributed by atoms with Crippen LogP contribution in [0.4, 0.5) is 0 Å². The standard InChI is InChI=1S/C8H6N2OS/c9-6-12-8-3-1-7(2-4-8)5-10-11/h1-5,11H/b10-5+. The van der Waals surface area contributed by atoms with Gasteiger partial charge in [0.15, 0.2) is 0 Å². The number of oxime groups is 1. The molecule has 60 valence electrons. The molecular weight excluding hydrogens is 172 g/mol. The van der Waals surface area contributed by atoms with Gasteiger partial charge in [0.2, 0.25) is 0 Å². The lowest BCUT2D eigenvalue weighted by Gasteiger charge is -1.93. The van der Waals surface area contributed by atoms with Crippen LogP contribution in [0.25, 0.3) is 0 Å². The first-order valence-electron chi connectivity index (χ1n) is 3.20. The fourth-order valence-electron chi connectivity index (χ4n) is 0.741. The highest BCUT2D eigenvalue weighted by molar-refractivity contribution is 8.03. The van der Waals surface area contributed by atoms with Gasteiger partial charge < -0.3 is 5.21 Å². The van der Waals surface area contributed by atoms with Crippen molar-refractivity contribution >= 4 is 18.0 Å². The molecule has 0 aromatic heterocycles. The van der Waals surface area contributed by atoms with E-state index < -0.39 is 0 Å². The molecule has 0 unspecified atom stereocenters. The SMILES string of the molecule is N#CSc1ccc(/C=N/O)cc1. The Morgan fingerprint density at radius 2 is 2.08 bits per heavy atom. The topological polar surface area (TPSA) is 56.4 Å². The van der Waals surface area contributed by atoms with Crippen LogP contribution >= 0.6 is 11.8 Å². The highest BCUT2D eigenvalue weighted by Crippen LogP contribution is 2.15. The first-order valence-corrected chi connectivity index (χ1v) is 4.02. The molecule has 0 bridgehead atoms. The van der Waals surface area contributed by atoms with Crippen LogP contribution in [0.5, 0.6) is 0 Å². The molecule has 12 heavy (non-hydrogen) atoms. The molecule has 0 fully saturated rings. The molecule has 1 aromatic rings. The van der Waals surface area contributed by atoms with Gasteiger partial charge in [-0.05, 0) is 29.5 Å². The van der Waals surface area contributed by atoms with Gasteiger partial charge in [0.25, 0.3) is 0 Å². The molecule has 0 aliphatic heterocycles. The van der Waals surface area contributed by atoms with E-state index in [1.165, 1.54) is 6.21 Å². The molecule has 0 heterocycles. The molecule has 0 saturated carbocycles. The van der Waals surface area contributed by atoms with Crippen molar-refractivity contribution in [2.24, 2.45) is 5.16 Å². The molecule has 0 atom stereocenters. The molecule has 0 spiro atoms. The quantitative estimate of drug-likeness (QED) is 0.248. The number of benzene rings is 1. The summed E-state index contributed by atoms with van der Waals surface area (Å²) in [4.78, 5) is 0.882. The second-order valence-electron chi connectivity index (χ2n) is 2.01. The van der Waals surface area contributed by atoms with Crippen LogP contribution in [-0.2, 0) is 0 Å². The summed E-state index contributed by atoms with van der Waals surface area (Å²) in [6.45, 7) is 0. The summed E-state index contributed by atoms with van der Waals surface area (Å²) in [5.74, 6) is 0. The van der Waals surface area contributed by atoms with Crippen molar-refractivity contribution in [3.8, 4) is 5.40 Å². The zero-order valence-electron chi connectivity index (χ0n) is 6.14. The Kier molecular flexibility index (Phi) is 3.17. The third-order valence-electron chi connectivity index (χ3n) is 1.25. The number of thiocyanates is 1. The minimum Gasteiger partial charge on any atom is -0.411 e. The van der Waals surface area contributed by atoms with Gasteiger partial charge in [-0.15, -0.1) is 0 Å². The molecule has 3 nitrogen and oxygen atoms in total. The van der Waals surface area contributed by atoms with Crippen LogP contribution in [0.1, 0.15) is 5.56 Å². The number of rotatable bonds is 2. The molecule has 1 N–H and O–H groups in total. The summed E-state index contributed by atoms with van der Waals surface area (Å²) in [6.07, 6.45) is 1.33. The zero-order valence-corrected chi connectivity index (χ0v) is 6.95. The molecule has 0 aliphatic carbocycles. The van der Waals surface area contributed by atoms with Crippen LogP contribution in [0.3, 0.4) is 0 Å². The lowest BCUT2D eigenvalue weighted by molar-refractivity contribution is 0.322. The van der Waals surface area contributed by atoms with Crippen molar-refractivity contribution in [2.75, 3.05) is 0 Å². The van der Waals surface area contributed by atoms with Gasteiger partial charge in [-0.3, -0.25) is 0 Å². The van der Waals surface area contributed by atoms with Gasteiger partial charge in [0, 0.05) is 4.90 Å². The Morgan fingerprint density at radius 3 is 2.58 bits per heavy atom. The van der Waals surface area contributed by atoms with Gasteiger partial charge >= 0.3 is 0 Å². The van der Waals surface area contributed by atoms with Crippen molar-refractivity contribution in [2.45, 2.75) is 4.90 Å². The van der Waals surface area contributed by atoms with E-state index in [1.807, 2.05) is 5.40 Å². The van der Waals surface area contributed by atoms with E-state index in [0.717, 1.165) is 22.2 Å². The molecule has 0 aliphatic rings. The molecular formula is C8H6N2OS. The summed E-state index contributed by atoms with van der Waals surface area (Å²) in [6, 6.07) is 7.15. The Bertz CT molecular complexity index is 313. The van der Waals surface area contributed by atoms with E-state index in [-0.39, 0.29) is 0 Å². The number of hydrogen-bond donors (Lipinski definition) is 1. The average molecular weight is 178 g/mol. The third kappa shape index (κ3) is 2.29. The number of hydrogen-bond acceptors (Lipinski definition) is 4. The second kappa shape index (κ2) is 4.42. The van der Waals surface area contributed by atoms with Crippen LogP contribution in [0.15, 0.2) is 34.3 Å². The Labute approximate surface area is 74.3 Å². The predicted octanol–water partition coefficient (Wildman–Crippen LogP) is 2.07. The summed E-state index contributed by atoms with van der Waals surface area (Å²) < 4.78 is 0. The average Bonchev–Trinajstić information content (AvgIpc) is 2.09. The van der Waals surface area contributed by atoms with E-state index in [9.17, 15) is 0 Å². The van der Waals surface area contributed by atoms with Crippen molar-refractivity contribution in [3.05, 3.63) is 29.8 Å². The Hall–Kier alpha value is -1.47. The molecule has 1 aromatic carbocycles. The molecule has 0 radical (unpaired) electrons. The van der Waals surface area contributed by atoms with Crippen molar-refractivity contribution in [1.29, 1.82) is 5.26 Å². The van der Waals surface area contributed by atoms with E-state index in [0.29, 0.717) is 0 Å². The Morgan fingerprint density at radius 1 is 1.42 bits per heavy atom. The largest absolute Gasteiger partial charge is 0.411 e. The highest BCUT2D eigenvalue weighted by atomic mass is 32.2. The zero-order chi connectivity index (χ0) is 8.81. The maximum atomic E-state index is 8.34. The monoisotopic (exact) mass is 178 g/mol. The lowest BCUT2D eigenvalue weighted by atomic mass is 10.2. The molecule has 4 heteroatoms.